The van der Waals surface area contributed by atoms with Gasteiger partial charge in [-0.1, -0.05) is 41.4 Å². The predicted octanol–water partition coefficient (Wildman–Crippen LogP) is 4.79. The zero-order valence-electron chi connectivity index (χ0n) is 11.8. The van der Waals surface area contributed by atoms with E-state index in [0.29, 0.717) is 15.7 Å². The molecule has 2 aromatic carbocycles. The van der Waals surface area contributed by atoms with Gasteiger partial charge in [-0.3, -0.25) is 0 Å². The van der Waals surface area contributed by atoms with Crippen molar-refractivity contribution >= 4 is 41.0 Å². The fourth-order valence-electron chi connectivity index (χ4n) is 1.72. The van der Waals surface area contributed by atoms with Crippen LogP contribution in [0.4, 0.5) is 10.5 Å². The highest BCUT2D eigenvalue weighted by atomic mass is 35.5. The second-order valence-corrected chi connectivity index (χ2v) is 5.09. The maximum atomic E-state index is 11.8. The van der Waals surface area contributed by atoms with Gasteiger partial charge in [0.05, 0.1) is 22.8 Å². The third-order valence-corrected chi connectivity index (χ3v) is 3.60. The summed E-state index contributed by atoms with van der Waals surface area (Å²) < 4.78 is 5.12. The van der Waals surface area contributed by atoms with Crippen LogP contribution in [0.1, 0.15) is 5.56 Å². The number of amides is 2. The summed E-state index contributed by atoms with van der Waals surface area (Å²) in [6.45, 7) is 0. The summed E-state index contributed by atoms with van der Waals surface area (Å²) in [7, 11) is 1.60. The maximum Gasteiger partial charge on any atom is 0.323 e. The summed E-state index contributed by atoms with van der Waals surface area (Å²) in [5.41, 5.74) is 1.35. The normalized spacial score (nSPS) is 10.5. The van der Waals surface area contributed by atoms with Crippen LogP contribution in [0.3, 0.4) is 0 Å². The van der Waals surface area contributed by atoms with E-state index in [4.69, 9.17) is 27.9 Å². The summed E-state index contributed by atoms with van der Waals surface area (Å²) in [5, 5.41) is 5.89. The Bertz CT molecular complexity index is 702. The van der Waals surface area contributed by atoms with Crippen molar-refractivity contribution in [2.24, 2.45) is 0 Å². The van der Waals surface area contributed by atoms with Gasteiger partial charge in [0.1, 0.15) is 5.75 Å². The molecule has 0 aromatic heterocycles. The molecule has 6 heteroatoms. The Morgan fingerprint density at radius 1 is 1.18 bits per heavy atom. The molecule has 0 heterocycles. The fraction of sp³-hybridized carbons (Fsp3) is 0.0625. The van der Waals surface area contributed by atoms with Crippen molar-refractivity contribution in [3.8, 4) is 5.75 Å². The molecule has 0 spiro atoms. The van der Waals surface area contributed by atoms with Gasteiger partial charge in [0.2, 0.25) is 0 Å². The van der Waals surface area contributed by atoms with Crippen molar-refractivity contribution in [2.75, 3.05) is 12.4 Å². The summed E-state index contributed by atoms with van der Waals surface area (Å²) >= 11 is 11.9. The monoisotopic (exact) mass is 336 g/mol. The molecule has 4 nitrogen and oxygen atoms in total. The van der Waals surface area contributed by atoms with Crippen LogP contribution in [0.15, 0.2) is 48.7 Å². The van der Waals surface area contributed by atoms with Crippen LogP contribution < -0.4 is 15.4 Å². The minimum atomic E-state index is -0.414. The number of benzene rings is 2. The number of hydrogen-bond donors (Lipinski definition) is 2. The zero-order chi connectivity index (χ0) is 15.9. The molecular weight excluding hydrogens is 323 g/mol. The van der Waals surface area contributed by atoms with E-state index in [9.17, 15) is 4.79 Å². The summed E-state index contributed by atoms with van der Waals surface area (Å²) in [6, 6.07) is 12.1. The van der Waals surface area contributed by atoms with E-state index in [2.05, 4.69) is 10.6 Å². The van der Waals surface area contributed by atoms with Gasteiger partial charge in [0, 0.05) is 6.20 Å². The van der Waals surface area contributed by atoms with Crippen LogP contribution >= 0.6 is 23.2 Å². The predicted molar refractivity (Wildman–Crippen MR) is 90.6 cm³/mol. The van der Waals surface area contributed by atoms with E-state index < -0.39 is 6.03 Å². The van der Waals surface area contributed by atoms with Gasteiger partial charge in [-0.05, 0) is 35.9 Å². The quantitative estimate of drug-likeness (QED) is 0.842. The Morgan fingerprint density at radius 3 is 2.73 bits per heavy atom. The van der Waals surface area contributed by atoms with Gasteiger partial charge >= 0.3 is 6.03 Å². The number of ether oxygens (including phenoxy) is 1. The number of carbonyl (C=O) groups excluding carboxylic acids is 1. The number of urea groups is 1. The molecule has 2 N–H and O–H groups in total. The molecule has 2 aromatic rings. The first-order valence-electron chi connectivity index (χ1n) is 6.42. The molecule has 0 radical (unpaired) electrons. The van der Waals surface area contributed by atoms with Gasteiger partial charge in [0.15, 0.2) is 0 Å². The molecule has 0 saturated heterocycles. The first-order chi connectivity index (χ1) is 10.6. The summed E-state index contributed by atoms with van der Waals surface area (Å²) in [5.74, 6) is 0.748. The van der Waals surface area contributed by atoms with Crippen LogP contribution in [-0.4, -0.2) is 13.1 Å². The van der Waals surface area contributed by atoms with Gasteiger partial charge in [-0.15, -0.1) is 0 Å². The van der Waals surface area contributed by atoms with Crippen molar-refractivity contribution in [1.82, 2.24) is 5.32 Å². The standard InChI is InChI=1S/C16H14Cl2N2O2/c1-22-12-5-2-4-11(10-12)8-9-19-16(21)20-14-7-3-6-13(17)15(14)18/h2-10H,1H3,(H2,19,20,21)/b9-8+. The molecule has 0 aliphatic heterocycles. The molecule has 0 fully saturated rings. The highest BCUT2D eigenvalue weighted by Crippen LogP contribution is 2.29. The summed E-state index contributed by atoms with van der Waals surface area (Å²) in [6.07, 6.45) is 3.28. The number of halogens is 2. The molecule has 114 valence electrons. The minimum absolute atomic E-state index is 0.302. The minimum Gasteiger partial charge on any atom is -0.497 e. The van der Waals surface area contributed by atoms with Crippen LogP contribution in [-0.2, 0) is 0 Å². The van der Waals surface area contributed by atoms with Gasteiger partial charge in [-0.25, -0.2) is 4.79 Å². The van der Waals surface area contributed by atoms with Gasteiger partial charge in [0.25, 0.3) is 0 Å². The van der Waals surface area contributed by atoms with Crippen molar-refractivity contribution in [3.63, 3.8) is 0 Å². The van der Waals surface area contributed by atoms with E-state index >= 15 is 0 Å². The average molecular weight is 337 g/mol. The molecule has 0 aliphatic rings. The second kappa shape index (κ2) is 7.73. The van der Waals surface area contributed by atoms with Crippen molar-refractivity contribution in [2.45, 2.75) is 0 Å². The fourth-order valence-corrected chi connectivity index (χ4v) is 2.07. The lowest BCUT2D eigenvalue weighted by Gasteiger charge is -2.07. The van der Waals surface area contributed by atoms with E-state index in [0.717, 1.165) is 11.3 Å². The van der Waals surface area contributed by atoms with Crippen LogP contribution in [0.2, 0.25) is 10.0 Å². The number of rotatable bonds is 4. The lowest BCUT2D eigenvalue weighted by molar-refractivity contribution is 0.255. The van der Waals surface area contributed by atoms with Crippen LogP contribution in [0.25, 0.3) is 6.08 Å². The second-order valence-electron chi connectivity index (χ2n) is 4.31. The summed E-state index contributed by atoms with van der Waals surface area (Å²) in [4.78, 5) is 11.8. The third-order valence-electron chi connectivity index (χ3n) is 2.78. The van der Waals surface area contributed by atoms with E-state index in [-0.39, 0.29) is 0 Å². The van der Waals surface area contributed by atoms with E-state index in [1.165, 1.54) is 6.20 Å². The van der Waals surface area contributed by atoms with Crippen LogP contribution in [0.5, 0.6) is 5.75 Å². The first kappa shape index (κ1) is 16.2. The Labute approximate surface area is 138 Å². The Balaban J connectivity index is 1.95. The number of methoxy groups -OCH3 is 1. The Morgan fingerprint density at radius 2 is 1.95 bits per heavy atom. The molecule has 0 saturated carbocycles. The first-order valence-corrected chi connectivity index (χ1v) is 7.18. The lowest BCUT2D eigenvalue weighted by Crippen LogP contribution is -2.23. The van der Waals surface area contributed by atoms with Crippen LogP contribution in [0, 0.1) is 0 Å². The highest BCUT2D eigenvalue weighted by molar-refractivity contribution is 6.43. The average Bonchev–Trinajstić information content (AvgIpc) is 2.52. The number of carbonyl (C=O) groups is 1. The van der Waals surface area contributed by atoms with Gasteiger partial charge < -0.3 is 15.4 Å². The molecule has 2 rings (SSSR count). The third kappa shape index (κ3) is 4.41. The van der Waals surface area contributed by atoms with E-state index in [1.54, 1.807) is 31.4 Å². The molecule has 0 aliphatic carbocycles. The topological polar surface area (TPSA) is 50.4 Å². The lowest BCUT2D eigenvalue weighted by atomic mass is 10.2. The number of nitrogens with one attached hydrogen (secondary N) is 2. The molecule has 0 atom stereocenters. The molecule has 0 unspecified atom stereocenters. The molecule has 0 bridgehead atoms. The van der Waals surface area contributed by atoms with Crippen molar-refractivity contribution in [1.29, 1.82) is 0 Å². The molecular formula is C16H14Cl2N2O2. The number of anilines is 1. The maximum absolute atomic E-state index is 11.8. The number of hydrogen-bond acceptors (Lipinski definition) is 2. The van der Waals surface area contributed by atoms with Crippen molar-refractivity contribution < 1.29 is 9.53 Å². The zero-order valence-corrected chi connectivity index (χ0v) is 13.3. The van der Waals surface area contributed by atoms with E-state index in [1.807, 2.05) is 24.3 Å². The molecule has 22 heavy (non-hydrogen) atoms. The Hall–Kier alpha value is -2.17. The Kier molecular flexibility index (Phi) is 5.69. The molecule has 2 amide bonds. The van der Waals surface area contributed by atoms with Gasteiger partial charge in [-0.2, -0.15) is 0 Å². The van der Waals surface area contributed by atoms with Crippen molar-refractivity contribution in [3.05, 3.63) is 64.3 Å². The SMILES string of the molecule is COc1cccc(/C=C/NC(=O)Nc2cccc(Cl)c2Cl)c1. The smallest absolute Gasteiger partial charge is 0.323 e. The highest BCUT2D eigenvalue weighted by Gasteiger charge is 2.06. The largest absolute Gasteiger partial charge is 0.497 e.